The van der Waals surface area contributed by atoms with E-state index in [9.17, 15) is 20.1 Å². The first-order chi connectivity index (χ1) is 13.9. The van der Waals surface area contributed by atoms with E-state index in [2.05, 4.69) is 11.1 Å². The number of nitrogens with two attached hydrogens (primary N) is 1. The molecular formula is C20H18N4O4S. The number of nitriles is 2. The van der Waals surface area contributed by atoms with Crippen LogP contribution in [0.2, 0.25) is 0 Å². The summed E-state index contributed by atoms with van der Waals surface area (Å²) in [6.07, 6.45) is -0.361. The van der Waals surface area contributed by atoms with Crippen LogP contribution < -0.4 is 10.5 Å². The van der Waals surface area contributed by atoms with Crippen molar-refractivity contribution >= 4 is 29.3 Å². The highest BCUT2D eigenvalue weighted by Gasteiger charge is 2.21. The highest BCUT2D eigenvalue weighted by molar-refractivity contribution is 8.00. The number of carbonyl (C=O) groups is 2. The number of hydrogen-bond donors (Lipinski definition) is 1. The number of nitrogen functional groups attached to an aromatic ring is 1. The lowest BCUT2D eigenvalue weighted by Crippen LogP contribution is -2.13. The van der Waals surface area contributed by atoms with E-state index in [1.807, 2.05) is 6.07 Å². The van der Waals surface area contributed by atoms with Crippen molar-refractivity contribution in [2.75, 3.05) is 25.2 Å². The summed E-state index contributed by atoms with van der Waals surface area (Å²) >= 11 is 0.985. The number of carbonyl (C=O) groups excluding carboxylic acids is 2. The molecule has 0 saturated carbocycles. The van der Waals surface area contributed by atoms with Crippen LogP contribution in [0.25, 0.3) is 11.1 Å². The fraction of sp³-hybridized carbons (Fsp3) is 0.250. The molecule has 148 valence electrons. The van der Waals surface area contributed by atoms with Crippen LogP contribution in [0.5, 0.6) is 5.75 Å². The molecule has 1 heterocycles. The first kappa shape index (κ1) is 21.7. The maximum absolute atomic E-state index is 12.0. The number of hydrogen-bond acceptors (Lipinski definition) is 9. The molecule has 0 spiro atoms. The molecule has 2 rings (SSSR count). The van der Waals surface area contributed by atoms with E-state index in [1.165, 1.54) is 7.11 Å². The number of thioether (sulfide) groups is 1. The standard InChI is InChI=1S/C20H18N4O4S/c1-3-28-17(26)8-13(25)11-29-20-16(10-22)18(15(9-21)19(23)24-20)12-4-6-14(27-2)7-5-12/h4-7H,3,8,11H2,1-2H3,(H2,23,24). The van der Waals surface area contributed by atoms with Gasteiger partial charge in [-0.2, -0.15) is 10.5 Å². The summed E-state index contributed by atoms with van der Waals surface area (Å²) < 4.78 is 9.88. The van der Waals surface area contributed by atoms with Crippen molar-refractivity contribution in [1.29, 1.82) is 10.5 Å². The number of Topliss-reactive ketones (excluding diaryl/α,β-unsaturated/α-hetero) is 1. The minimum atomic E-state index is -0.607. The van der Waals surface area contributed by atoms with Gasteiger partial charge in [-0.05, 0) is 24.6 Å². The van der Waals surface area contributed by atoms with Gasteiger partial charge in [0.05, 0.1) is 25.0 Å². The van der Waals surface area contributed by atoms with E-state index in [4.69, 9.17) is 15.2 Å². The Morgan fingerprint density at radius 1 is 1.17 bits per heavy atom. The summed E-state index contributed by atoms with van der Waals surface area (Å²) in [5, 5.41) is 19.5. The second-order valence-corrected chi connectivity index (χ2v) is 6.65. The van der Waals surface area contributed by atoms with Gasteiger partial charge < -0.3 is 15.2 Å². The fourth-order valence-electron chi connectivity index (χ4n) is 2.52. The topological polar surface area (TPSA) is 139 Å². The van der Waals surface area contributed by atoms with Crippen molar-refractivity contribution in [3.8, 4) is 29.0 Å². The van der Waals surface area contributed by atoms with Crippen LogP contribution in [0.4, 0.5) is 5.82 Å². The SMILES string of the molecule is CCOC(=O)CC(=O)CSc1nc(N)c(C#N)c(-c2ccc(OC)cc2)c1C#N. The monoisotopic (exact) mass is 410 g/mol. The number of ether oxygens (including phenoxy) is 2. The van der Waals surface area contributed by atoms with Crippen molar-refractivity contribution in [1.82, 2.24) is 4.98 Å². The Balaban J connectivity index is 2.40. The predicted octanol–water partition coefficient (Wildman–Crippen LogP) is 2.70. The van der Waals surface area contributed by atoms with Gasteiger partial charge in [-0.3, -0.25) is 9.59 Å². The molecule has 2 N–H and O–H groups in total. The lowest BCUT2D eigenvalue weighted by molar-refractivity contribution is -0.145. The number of esters is 1. The normalized spacial score (nSPS) is 9.93. The third-order valence-corrected chi connectivity index (χ3v) is 4.85. The Morgan fingerprint density at radius 2 is 1.83 bits per heavy atom. The van der Waals surface area contributed by atoms with E-state index in [1.54, 1.807) is 31.2 Å². The number of rotatable bonds is 8. The molecular weight excluding hydrogens is 392 g/mol. The predicted molar refractivity (Wildman–Crippen MR) is 107 cm³/mol. The van der Waals surface area contributed by atoms with Gasteiger partial charge in [-0.1, -0.05) is 23.9 Å². The van der Waals surface area contributed by atoms with Gasteiger partial charge in [0.15, 0.2) is 5.78 Å². The van der Waals surface area contributed by atoms with Crippen molar-refractivity contribution in [2.24, 2.45) is 0 Å². The lowest BCUT2D eigenvalue weighted by Gasteiger charge is -2.13. The van der Waals surface area contributed by atoms with Gasteiger partial charge in [0.2, 0.25) is 0 Å². The molecule has 1 aromatic heterocycles. The van der Waals surface area contributed by atoms with Gasteiger partial charge >= 0.3 is 5.97 Å². The number of aromatic nitrogens is 1. The average Bonchev–Trinajstić information content (AvgIpc) is 2.71. The molecule has 9 heteroatoms. The van der Waals surface area contributed by atoms with Gasteiger partial charge in [0, 0.05) is 5.56 Å². The Kier molecular flexibility index (Phi) is 7.58. The van der Waals surface area contributed by atoms with Crippen LogP contribution in [0.3, 0.4) is 0 Å². The molecule has 0 unspecified atom stereocenters. The zero-order valence-electron chi connectivity index (χ0n) is 15.9. The second-order valence-electron chi connectivity index (χ2n) is 5.69. The summed E-state index contributed by atoms with van der Waals surface area (Å²) in [6.45, 7) is 1.84. The quantitative estimate of drug-likeness (QED) is 0.395. The van der Waals surface area contributed by atoms with Crippen LogP contribution in [-0.4, -0.2) is 36.2 Å². The maximum atomic E-state index is 12.0. The molecule has 2 aromatic rings. The fourth-order valence-corrected chi connectivity index (χ4v) is 3.38. The minimum absolute atomic E-state index is 0.0438. The Morgan fingerprint density at radius 3 is 2.38 bits per heavy atom. The minimum Gasteiger partial charge on any atom is -0.497 e. The molecule has 29 heavy (non-hydrogen) atoms. The van der Waals surface area contributed by atoms with Crippen LogP contribution in [0.1, 0.15) is 24.5 Å². The molecule has 0 radical (unpaired) electrons. The largest absolute Gasteiger partial charge is 0.497 e. The zero-order valence-corrected chi connectivity index (χ0v) is 16.7. The van der Waals surface area contributed by atoms with Crippen molar-refractivity contribution < 1.29 is 19.1 Å². The Bertz CT molecular complexity index is 1010. The molecule has 0 amide bonds. The number of nitrogens with zero attached hydrogens (tertiary/aromatic N) is 3. The van der Waals surface area contributed by atoms with E-state index in [0.29, 0.717) is 16.9 Å². The van der Waals surface area contributed by atoms with E-state index in [0.717, 1.165) is 11.8 Å². The van der Waals surface area contributed by atoms with Gasteiger partial charge in [-0.25, -0.2) is 4.98 Å². The van der Waals surface area contributed by atoms with Gasteiger partial charge in [0.1, 0.15) is 40.7 Å². The smallest absolute Gasteiger partial charge is 0.313 e. The van der Waals surface area contributed by atoms with E-state index in [-0.39, 0.29) is 46.5 Å². The summed E-state index contributed by atoms with van der Waals surface area (Å²) in [4.78, 5) is 27.6. The first-order valence-electron chi connectivity index (χ1n) is 8.53. The Hall–Kier alpha value is -3.56. The van der Waals surface area contributed by atoms with Gasteiger partial charge in [-0.15, -0.1) is 0 Å². The van der Waals surface area contributed by atoms with Crippen LogP contribution >= 0.6 is 11.8 Å². The average molecular weight is 410 g/mol. The second kappa shape index (κ2) is 10.1. The molecule has 0 aliphatic rings. The van der Waals surface area contributed by atoms with Crippen molar-refractivity contribution in [2.45, 2.75) is 18.4 Å². The number of anilines is 1. The molecule has 0 aliphatic heterocycles. The number of ketones is 1. The van der Waals surface area contributed by atoms with E-state index < -0.39 is 5.97 Å². The third kappa shape index (κ3) is 5.24. The molecule has 0 atom stereocenters. The van der Waals surface area contributed by atoms with Crippen LogP contribution in [0, 0.1) is 22.7 Å². The third-order valence-electron chi connectivity index (χ3n) is 3.81. The summed E-state index contributed by atoms with van der Waals surface area (Å²) in [7, 11) is 1.53. The molecule has 1 aromatic carbocycles. The highest BCUT2D eigenvalue weighted by atomic mass is 32.2. The Labute approximate surface area is 172 Å². The summed E-state index contributed by atoms with van der Waals surface area (Å²) in [5.74, 6) is -0.490. The zero-order chi connectivity index (χ0) is 21.4. The summed E-state index contributed by atoms with van der Waals surface area (Å²) in [5.41, 5.74) is 7.08. The first-order valence-corrected chi connectivity index (χ1v) is 9.51. The van der Waals surface area contributed by atoms with Crippen LogP contribution in [-0.2, 0) is 14.3 Å². The van der Waals surface area contributed by atoms with Crippen molar-refractivity contribution in [3.63, 3.8) is 0 Å². The van der Waals surface area contributed by atoms with Crippen LogP contribution in [0.15, 0.2) is 29.3 Å². The lowest BCUT2D eigenvalue weighted by atomic mass is 9.97. The number of pyridine rings is 1. The number of benzene rings is 1. The van der Waals surface area contributed by atoms with E-state index >= 15 is 0 Å². The molecule has 8 nitrogen and oxygen atoms in total. The number of methoxy groups -OCH3 is 1. The molecule has 0 bridgehead atoms. The molecule has 0 aliphatic carbocycles. The highest BCUT2D eigenvalue weighted by Crippen LogP contribution is 2.36. The van der Waals surface area contributed by atoms with Crippen molar-refractivity contribution in [3.05, 3.63) is 35.4 Å². The molecule has 0 saturated heterocycles. The van der Waals surface area contributed by atoms with Gasteiger partial charge in [0.25, 0.3) is 0 Å². The summed E-state index contributed by atoms with van der Waals surface area (Å²) in [6, 6.07) is 10.8. The molecule has 0 fully saturated rings. The maximum Gasteiger partial charge on any atom is 0.313 e.